The van der Waals surface area contributed by atoms with Gasteiger partial charge in [0.2, 0.25) is 0 Å². The maximum Gasteiger partial charge on any atom is 0.253 e. The number of benzene rings is 2. The van der Waals surface area contributed by atoms with E-state index in [1.54, 1.807) is 38.4 Å². The van der Waals surface area contributed by atoms with Crippen molar-refractivity contribution >= 4 is 27.7 Å². The van der Waals surface area contributed by atoms with E-state index < -0.39 is 0 Å². The molecule has 0 spiro atoms. The van der Waals surface area contributed by atoms with E-state index in [2.05, 4.69) is 21.2 Å². The minimum Gasteiger partial charge on any atom is -0.348 e. The summed E-state index contributed by atoms with van der Waals surface area (Å²) in [7, 11) is 3.43. The van der Waals surface area contributed by atoms with Crippen molar-refractivity contribution in [3.63, 3.8) is 0 Å². The Hall–Kier alpha value is -2.14. The Bertz CT molecular complexity index is 681. The topological polar surface area (TPSA) is 49.4 Å². The molecule has 2 amide bonds. The van der Waals surface area contributed by atoms with E-state index in [0.29, 0.717) is 17.7 Å². The van der Waals surface area contributed by atoms with E-state index in [9.17, 15) is 9.59 Å². The van der Waals surface area contributed by atoms with Gasteiger partial charge in [0.15, 0.2) is 0 Å². The Balaban J connectivity index is 2.02. The zero-order valence-electron chi connectivity index (χ0n) is 12.5. The van der Waals surface area contributed by atoms with E-state index in [0.717, 1.165) is 10.0 Å². The average molecular weight is 361 g/mol. The fourth-order valence-corrected chi connectivity index (χ4v) is 2.22. The monoisotopic (exact) mass is 360 g/mol. The Kier molecular flexibility index (Phi) is 5.33. The smallest absolute Gasteiger partial charge is 0.253 e. The lowest BCUT2D eigenvalue weighted by Gasteiger charge is -2.11. The van der Waals surface area contributed by atoms with Gasteiger partial charge in [-0.05, 0) is 42.0 Å². The van der Waals surface area contributed by atoms with Gasteiger partial charge in [0, 0.05) is 36.2 Å². The Labute approximate surface area is 138 Å². The molecular formula is C17H17BrN2O2. The van der Waals surface area contributed by atoms with E-state index >= 15 is 0 Å². The number of rotatable bonds is 4. The highest BCUT2D eigenvalue weighted by atomic mass is 79.9. The number of hydrogen-bond donors (Lipinski definition) is 1. The molecule has 5 heteroatoms. The molecule has 114 valence electrons. The maximum atomic E-state index is 12.1. The van der Waals surface area contributed by atoms with Crippen molar-refractivity contribution < 1.29 is 9.59 Å². The van der Waals surface area contributed by atoms with Gasteiger partial charge in [0.1, 0.15) is 0 Å². The van der Waals surface area contributed by atoms with Crippen molar-refractivity contribution in [1.29, 1.82) is 0 Å². The van der Waals surface area contributed by atoms with Gasteiger partial charge in [-0.15, -0.1) is 0 Å². The van der Waals surface area contributed by atoms with E-state index in [-0.39, 0.29) is 11.8 Å². The molecule has 2 aromatic carbocycles. The Morgan fingerprint density at radius 1 is 1.05 bits per heavy atom. The molecule has 2 aromatic rings. The SMILES string of the molecule is CN(C)C(=O)c1cccc(CNC(=O)c2ccc(Br)cc2)c1. The predicted molar refractivity (Wildman–Crippen MR) is 89.8 cm³/mol. The number of amides is 2. The summed E-state index contributed by atoms with van der Waals surface area (Å²) in [5.41, 5.74) is 2.10. The lowest BCUT2D eigenvalue weighted by Crippen LogP contribution is -2.24. The standard InChI is InChI=1S/C17H17BrN2O2/c1-20(2)17(22)14-5-3-4-12(10-14)11-19-16(21)13-6-8-15(18)9-7-13/h3-10H,11H2,1-2H3,(H,19,21). The number of nitrogens with one attached hydrogen (secondary N) is 1. The third-order valence-corrected chi connectivity index (χ3v) is 3.67. The first-order valence-electron chi connectivity index (χ1n) is 6.82. The van der Waals surface area contributed by atoms with Crippen LogP contribution in [0.2, 0.25) is 0 Å². The Morgan fingerprint density at radius 3 is 2.36 bits per heavy atom. The lowest BCUT2D eigenvalue weighted by molar-refractivity contribution is 0.0827. The third kappa shape index (κ3) is 4.18. The minimum atomic E-state index is -0.142. The number of hydrogen-bond acceptors (Lipinski definition) is 2. The molecule has 0 bridgehead atoms. The van der Waals surface area contributed by atoms with Crippen molar-refractivity contribution in [2.75, 3.05) is 14.1 Å². The first-order chi connectivity index (χ1) is 10.5. The molecule has 2 rings (SSSR count). The second-order valence-electron chi connectivity index (χ2n) is 5.09. The van der Waals surface area contributed by atoms with Crippen LogP contribution in [0.15, 0.2) is 53.0 Å². The van der Waals surface area contributed by atoms with Crippen molar-refractivity contribution in [1.82, 2.24) is 10.2 Å². The van der Waals surface area contributed by atoms with Crippen LogP contribution in [0.5, 0.6) is 0 Å². The molecule has 0 saturated carbocycles. The molecule has 0 heterocycles. The van der Waals surface area contributed by atoms with Crippen LogP contribution < -0.4 is 5.32 Å². The van der Waals surface area contributed by atoms with Crippen LogP contribution >= 0.6 is 15.9 Å². The number of nitrogens with zero attached hydrogens (tertiary/aromatic N) is 1. The van der Waals surface area contributed by atoms with Crippen LogP contribution in [0.1, 0.15) is 26.3 Å². The van der Waals surface area contributed by atoms with E-state index in [1.165, 1.54) is 4.90 Å². The van der Waals surface area contributed by atoms with E-state index in [1.807, 2.05) is 24.3 Å². The largest absolute Gasteiger partial charge is 0.348 e. The summed E-state index contributed by atoms with van der Waals surface area (Å²) in [6.45, 7) is 0.378. The molecule has 0 aliphatic rings. The maximum absolute atomic E-state index is 12.1. The second kappa shape index (κ2) is 7.22. The molecule has 0 saturated heterocycles. The van der Waals surface area contributed by atoms with Gasteiger partial charge in [-0.25, -0.2) is 0 Å². The van der Waals surface area contributed by atoms with Crippen molar-refractivity contribution in [2.24, 2.45) is 0 Å². The van der Waals surface area contributed by atoms with Gasteiger partial charge in [0.05, 0.1) is 0 Å². The summed E-state index contributed by atoms with van der Waals surface area (Å²) in [4.78, 5) is 25.5. The summed E-state index contributed by atoms with van der Waals surface area (Å²) in [5.74, 6) is -0.196. The van der Waals surface area contributed by atoms with Crippen LogP contribution in [0.3, 0.4) is 0 Å². The molecule has 0 unspecified atom stereocenters. The first kappa shape index (κ1) is 16.2. The summed E-state index contributed by atoms with van der Waals surface area (Å²) < 4.78 is 0.930. The van der Waals surface area contributed by atoms with Gasteiger partial charge in [-0.1, -0.05) is 28.1 Å². The average Bonchev–Trinajstić information content (AvgIpc) is 2.52. The molecule has 0 aliphatic carbocycles. The van der Waals surface area contributed by atoms with Gasteiger partial charge in [-0.2, -0.15) is 0 Å². The molecule has 22 heavy (non-hydrogen) atoms. The molecule has 0 atom stereocenters. The third-order valence-electron chi connectivity index (χ3n) is 3.14. The van der Waals surface area contributed by atoms with Crippen LogP contribution in [-0.2, 0) is 6.54 Å². The zero-order chi connectivity index (χ0) is 16.1. The molecule has 0 aromatic heterocycles. The minimum absolute atomic E-state index is 0.0545. The van der Waals surface area contributed by atoms with Crippen LogP contribution in [0.25, 0.3) is 0 Å². The summed E-state index contributed by atoms with van der Waals surface area (Å²) in [6.07, 6.45) is 0. The lowest BCUT2D eigenvalue weighted by atomic mass is 10.1. The number of carbonyl (C=O) groups excluding carboxylic acids is 2. The van der Waals surface area contributed by atoms with Crippen molar-refractivity contribution in [3.05, 3.63) is 69.7 Å². The highest BCUT2D eigenvalue weighted by Gasteiger charge is 2.09. The number of carbonyl (C=O) groups is 2. The summed E-state index contributed by atoms with van der Waals surface area (Å²) in [5, 5.41) is 2.85. The highest BCUT2D eigenvalue weighted by molar-refractivity contribution is 9.10. The van der Waals surface area contributed by atoms with Crippen molar-refractivity contribution in [2.45, 2.75) is 6.54 Å². The van der Waals surface area contributed by atoms with Gasteiger partial charge in [-0.3, -0.25) is 9.59 Å². The van der Waals surface area contributed by atoms with Crippen LogP contribution in [0.4, 0.5) is 0 Å². The quantitative estimate of drug-likeness (QED) is 0.910. The first-order valence-corrected chi connectivity index (χ1v) is 7.61. The van der Waals surface area contributed by atoms with E-state index in [4.69, 9.17) is 0 Å². The summed E-state index contributed by atoms with van der Waals surface area (Å²) >= 11 is 3.34. The molecule has 0 radical (unpaired) electrons. The normalized spacial score (nSPS) is 10.1. The van der Waals surface area contributed by atoms with Crippen molar-refractivity contribution in [3.8, 4) is 0 Å². The van der Waals surface area contributed by atoms with Crippen LogP contribution in [-0.4, -0.2) is 30.8 Å². The number of halogens is 1. The molecule has 0 aliphatic heterocycles. The zero-order valence-corrected chi connectivity index (χ0v) is 14.1. The van der Waals surface area contributed by atoms with Gasteiger partial charge in [0.25, 0.3) is 11.8 Å². The predicted octanol–water partition coefficient (Wildman–Crippen LogP) is 3.08. The van der Waals surface area contributed by atoms with Crippen LogP contribution in [0, 0.1) is 0 Å². The molecular weight excluding hydrogens is 344 g/mol. The molecule has 1 N–H and O–H groups in total. The summed E-state index contributed by atoms with van der Waals surface area (Å²) in [6, 6.07) is 14.4. The Morgan fingerprint density at radius 2 is 1.73 bits per heavy atom. The molecule has 4 nitrogen and oxygen atoms in total. The highest BCUT2D eigenvalue weighted by Crippen LogP contribution is 2.11. The molecule has 0 fully saturated rings. The van der Waals surface area contributed by atoms with Gasteiger partial charge >= 0.3 is 0 Å². The second-order valence-corrected chi connectivity index (χ2v) is 6.01. The fraction of sp³-hybridized carbons (Fsp3) is 0.176. The van der Waals surface area contributed by atoms with Gasteiger partial charge < -0.3 is 10.2 Å². The fourth-order valence-electron chi connectivity index (χ4n) is 1.96.